The number of para-hydroxylation sites is 2. The van der Waals surface area contributed by atoms with E-state index < -0.39 is 0 Å². The molecule has 0 amide bonds. The van der Waals surface area contributed by atoms with Crippen molar-refractivity contribution in [3.8, 4) is 5.75 Å². The standard InChI is InChI=1S/C19H20FN5OS/c1-13-6-2-4-8-15(13)22-19-24-17(23-18(21)25-19)12-27-11-10-26-16-9-5-3-7-14(16)20/h2-9H,10-12H2,1H3,(H3,21,22,23,24,25). The Morgan fingerprint density at radius 3 is 2.67 bits per heavy atom. The molecule has 0 saturated carbocycles. The number of hydrogen-bond donors (Lipinski definition) is 2. The van der Waals surface area contributed by atoms with Crippen molar-refractivity contribution in [3.63, 3.8) is 0 Å². The number of hydrogen-bond acceptors (Lipinski definition) is 7. The number of thioether (sulfide) groups is 1. The van der Waals surface area contributed by atoms with Gasteiger partial charge in [0.1, 0.15) is 5.82 Å². The van der Waals surface area contributed by atoms with E-state index in [0.29, 0.717) is 29.9 Å². The topological polar surface area (TPSA) is 86.0 Å². The summed E-state index contributed by atoms with van der Waals surface area (Å²) in [6.45, 7) is 2.39. The summed E-state index contributed by atoms with van der Waals surface area (Å²) in [6, 6.07) is 14.2. The molecule has 3 N–H and O–H groups in total. The molecule has 0 saturated heterocycles. The van der Waals surface area contributed by atoms with Gasteiger partial charge in [0.15, 0.2) is 11.6 Å². The fourth-order valence-electron chi connectivity index (χ4n) is 2.33. The Labute approximate surface area is 161 Å². The van der Waals surface area contributed by atoms with Gasteiger partial charge in [-0.1, -0.05) is 30.3 Å². The maximum atomic E-state index is 13.5. The predicted octanol–water partition coefficient (Wildman–Crippen LogP) is 3.96. The monoisotopic (exact) mass is 385 g/mol. The number of nitrogens with zero attached hydrogens (tertiary/aromatic N) is 3. The number of aryl methyl sites for hydroxylation is 1. The number of ether oxygens (including phenoxy) is 1. The minimum atomic E-state index is -0.361. The highest BCUT2D eigenvalue weighted by Gasteiger charge is 2.07. The summed E-state index contributed by atoms with van der Waals surface area (Å²) in [5.74, 6) is 2.27. The lowest BCUT2D eigenvalue weighted by atomic mass is 10.2. The van der Waals surface area contributed by atoms with E-state index in [4.69, 9.17) is 10.5 Å². The molecular weight excluding hydrogens is 365 g/mol. The maximum absolute atomic E-state index is 13.5. The van der Waals surface area contributed by atoms with Gasteiger partial charge in [0, 0.05) is 11.4 Å². The third-order valence-electron chi connectivity index (χ3n) is 3.64. The van der Waals surface area contributed by atoms with Crippen molar-refractivity contribution in [1.82, 2.24) is 15.0 Å². The first-order valence-electron chi connectivity index (χ1n) is 8.40. The van der Waals surface area contributed by atoms with Crippen LogP contribution < -0.4 is 15.8 Å². The number of nitrogens with two attached hydrogens (primary N) is 1. The Morgan fingerprint density at radius 1 is 1.07 bits per heavy atom. The Bertz CT molecular complexity index is 909. The van der Waals surface area contributed by atoms with E-state index in [1.165, 1.54) is 6.07 Å². The Kier molecular flexibility index (Phi) is 6.43. The molecule has 0 bridgehead atoms. The number of halogens is 1. The van der Waals surface area contributed by atoms with Gasteiger partial charge in [0.2, 0.25) is 11.9 Å². The van der Waals surface area contributed by atoms with Crippen LogP contribution in [0.5, 0.6) is 5.75 Å². The van der Waals surface area contributed by atoms with Crippen LogP contribution in [0.3, 0.4) is 0 Å². The second-order valence-electron chi connectivity index (χ2n) is 5.70. The van der Waals surface area contributed by atoms with Gasteiger partial charge in [-0.05, 0) is 30.7 Å². The Hall–Kier alpha value is -2.87. The van der Waals surface area contributed by atoms with E-state index in [1.54, 1.807) is 30.0 Å². The van der Waals surface area contributed by atoms with Crippen LogP contribution in [0.15, 0.2) is 48.5 Å². The quantitative estimate of drug-likeness (QED) is 0.568. The first kappa shape index (κ1) is 18.9. The zero-order valence-electron chi connectivity index (χ0n) is 14.9. The molecule has 0 aliphatic carbocycles. The largest absolute Gasteiger partial charge is 0.490 e. The van der Waals surface area contributed by atoms with Crippen molar-refractivity contribution in [2.24, 2.45) is 0 Å². The molecule has 3 rings (SSSR count). The molecule has 0 radical (unpaired) electrons. The minimum absolute atomic E-state index is 0.166. The van der Waals surface area contributed by atoms with Gasteiger partial charge < -0.3 is 15.8 Å². The number of aromatic nitrogens is 3. The highest BCUT2D eigenvalue weighted by Crippen LogP contribution is 2.19. The average Bonchev–Trinajstić information content (AvgIpc) is 2.64. The van der Waals surface area contributed by atoms with Crippen LogP contribution >= 0.6 is 11.8 Å². The second kappa shape index (κ2) is 9.18. The number of anilines is 3. The highest BCUT2D eigenvalue weighted by molar-refractivity contribution is 7.98. The van der Waals surface area contributed by atoms with Gasteiger partial charge in [-0.2, -0.15) is 26.7 Å². The average molecular weight is 385 g/mol. The second-order valence-corrected chi connectivity index (χ2v) is 6.81. The zero-order valence-corrected chi connectivity index (χ0v) is 15.7. The maximum Gasteiger partial charge on any atom is 0.232 e. The molecule has 0 aliphatic heterocycles. The van der Waals surface area contributed by atoms with Gasteiger partial charge in [-0.3, -0.25) is 0 Å². The number of benzene rings is 2. The SMILES string of the molecule is Cc1ccccc1Nc1nc(N)nc(CSCCOc2ccccc2F)n1. The molecule has 1 aromatic heterocycles. The van der Waals surface area contributed by atoms with Gasteiger partial charge in [0.05, 0.1) is 12.4 Å². The lowest BCUT2D eigenvalue weighted by Crippen LogP contribution is -2.08. The van der Waals surface area contributed by atoms with Crippen molar-refractivity contribution < 1.29 is 9.13 Å². The number of nitrogen functional groups attached to an aromatic ring is 1. The molecule has 1 heterocycles. The van der Waals surface area contributed by atoms with Crippen molar-refractivity contribution in [2.45, 2.75) is 12.7 Å². The van der Waals surface area contributed by atoms with E-state index in [1.807, 2.05) is 31.2 Å². The van der Waals surface area contributed by atoms with Crippen molar-refractivity contribution in [3.05, 3.63) is 65.7 Å². The lowest BCUT2D eigenvalue weighted by Gasteiger charge is -2.09. The van der Waals surface area contributed by atoms with Crippen molar-refractivity contribution in [1.29, 1.82) is 0 Å². The van der Waals surface area contributed by atoms with Gasteiger partial charge in [-0.25, -0.2) is 4.39 Å². The normalized spacial score (nSPS) is 10.6. The fraction of sp³-hybridized carbons (Fsp3) is 0.211. The highest BCUT2D eigenvalue weighted by atomic mass is 32.2. The molecule has 8 heteroatoms. The predicted molar refractivity (Wildman–Crippen MR) is 107 cm³/mol. The van der Waals surface area contributed by atoms with Gasteiger partial charge >= 0.3 is 0 Å². The van der Waals surface area contributed by atoms with Crippen LogP contribution in [0.4, 0.5) is 22.0 Å². The Morgan fingerprint density at radius 2 is 1.85 bits per heavy atom. The van der Waals surface area contributed by atoms with E-state index in [9.17, 15) is 4.39 Å². The van der Waals surface area contributed by atoms with Crippen LogP contribution in [-0.2, 0) is 5.75 Å². The molecule has 140 valence electrons. The summed E-state index contributed by atoms with van der Waals surface area (Å²) in [5.41, 5.74) is 7.79. The molecule has 6 nitrogen and oxygen atoms in total. The van der Waals surface area contributed by atoms with E-state index in [0.717, 1.165) is 11.3 Å². The third kappa shape index (κ3) is 5.55. The first-order chi connectivity index (χ1) is 13.1. The van der Waals surface area contributed by atoms with Crippen LogP contribution in [-0.4, -0.2) is 27.3 Å². The van der Waals surface area contributed by atoms with Gasteiger partial charge in [0.25, 0.3) is 0 Å². The van der Waals surface area contributed by atoms with Crippen LogP contribution in [0.2, 0.25) is 0 Å². The molecule has 0 aliphatic rings. The molecule has 0 atom stereocenters. The molecule has 3 aromatic rings. The van der Waals surface area contributed by atoms with Crippen LogP contribution in [0, 0.1) is 12.7 Å². The first-order valence-corrected chi connectivity index (χ1v) is 9.55. The summed E-state index contributed by atoms with van der Waals surface area (Å²) in [5, 5.41) is 3.16. The van der Waals surface area contributed by atoms with E-state index >= 15 is 0 Å². The smallest absolute Gasteiger partial charge is 0.232 e. The number of nitrogens with one attached hydrogen (secondary N) is 1. The zero-order chi connectivity index (χ0) is 19.1. The van der Waals surface area contributed by atoms with Crippen molar-refractivity contribution in [2.75, 3.05) is 23.4 Å². The molecule has 27 heavy (non-hydrogen) atoms. The van der Waals surface area contributed by atoms with Crippen LogP contribution in [0.1, 0.15) is 11.4 Å². The fourth-order valence-corrected chi connectivity index (χ4v) is 2.99. The summed E-state index contributed by atoms with van der Waals surface area (Å²) in [4.78, 5) is 12.7. The van der Waals surface area contributed by atoms with Crippen molar-refractivity contribution >= 4 is 29.3 Å². The van der Waals surface area contributed by atoms with Crippen LogP contribution in [0.25, 0.3) is 0 Å². The molecule has 0 unspecified atom stereocenters. The Balaban J connectivity index is 1.52. The third-order valence-corrected chi connectivity index (χ3v) is 4.56. The minimum Gasteiger partial charge on any atom is -0.490 e. The summed E-state index contributed by atoms with van der Waals surface area (Å²) in [7, 11) is 0. The summed E-state index contributed by atoms with van der Waals surface area (Å²) >= 11 is 1.57. The molecule has 0 spiro atoms. The summed E-state index contributed by atoms with van der Waals surface area (Å²) < 4.78 is 18.9. The van der Waals surface area contributed by atoms with Gasteiger partial charge in [-0.15, -0.1) is 0 Å². The van der Waals surface area contributed by atoms with E-state index in [2.05, 4.69) is 20.3 Å². The molecule has 2 aromatic carbocycles. The van der Waals surface area contributed by atoms with E-state index in [-0.39, 0.29) is 17.5 Å². The molecular formula is C19H20FN5OS. The summed E-state index contributed by atoms with van der Waals surface area (Å²) in [6.07, 6.45) is 0. The molecule has 0 fully saturated rings. The lowest BCUT2D eigenvalue weighted by molar-refractivity contribution is 0.325. The number of rotatable bonds is 8.